The molecule has 2 aromatic rings. The second kappa shape index (κ2) is 8.19. The fourth-order valence-corrected chi connectivity index (χ4v) is 3.72. The number of nitrogens with one attached hydrogen (secondary N) is 1. The second-order valence-corrected chi connectivity index (χ2v) is 7.75. The van der Waals surface area contributed by atoms with Crippen LogP contribution in [0, 0.1) is 11.3 Å². The lowest BCUT2D eigenvalue weighted by Gasteiger charge is -2.18. The number of hydrogen-bond donors (Lipinski definition) is 1. The number of ether oxygens (including phenoxy) is 1. The number of halogens is 1. The number of amides is 1. The number of benzene rings is 2. The molecule has 0 aromatic heterocycles. The number of sulfonamides is 1. The summed E-state index contributed by atoms with van der Waals surface area (Å²) < 4.78 is 31.4. The van der Waals surface area contributed by atoms with Crippen LogP contribution < -0.4 is 10.1 Å². The Morgan fingerprint density at radius 1 is 1.31 bits per heavy atom. The molecular weight excluding hydrogens is 378 g/mol. The van der Waals surface area contributed by atoms with Crippen molar-refractivity contribution >= 4 is 33.2 Å². The SMILES string of the molecule is COc1ccc(Cl)cc1S(=O)(=O)N(C)CC(=O)Nc1cccc(C#N)c1. The molecule has 0 saturated carbocycles. The summed E-state index contributed by atoms with van der Waals surface area (Å²) in [6.45, 7) is -0.422. The molecule has 136 valence electrons. The van der Waals surface area contributed by atoms with E-state index in [-0.39, 0.29) is 15.7 Å². The summed E-state index contributed by atoms with van der Waals surface area (Å²) >= 11 is 5.88. The zero-order chi connectivity index (χ0) is 19.3. The van der Waals surface area contributed by atoms with E-state index < -0.39 is 22.5 Å². The van der Waals surface area contributed by atoms with Gasteiger partial charge in [-0.25, -0.2) is 8.42 Å². The molecule has 0 aliphatic carbocycles. The van der Waals surface area contributed by atoms with Gasteiger partial charge < -0.3 is 10.1 Å². The normalized spacial score (nSPS) is 11.0. The predicted molar refractivity (Wildman–Crippen MR) is 97.6 cm³/mol. The molecule has 0 fully saturated rings. The molecule has 1 amide bonds. The van der Waals surface area contributed by atoms with Gasteiger partial charge in [0.25, 0.3) is 0 Å². The van der Waals surface area contributed by atoms with E-state index in [0.717, 1.165) is 4.31 Å². The van der Waals surface area contributed by atoms with E-state index in [1.54, 1.807) is 18.2 Å². The largest absolute Gasteiger partial charge is 0.495 e. The van der Waals surface area contributed by atoms with Crippen LogP contribution in [0.4, 0.5) is 5.69 Å². The lowest BCUT2D eigenvalue weighted by atomic mass is 10.2. The van der Waals surface area contributed by atoms with Crippen LogP contribution >= 0.6 is 11.6 Å². The number of nitriles is 1. The number of nitrogens with zero attached hydrogens (tertiary/aromatic N) is 2. The fraction of sp³-hybridized carbons (Fsp3) is 0.176. The van der Waals surface area contributed by atoms with Crippen LogP contribution in [0.15, 0.2) is 47.4 Å². The lowest BCUT2D eigenvalue weighted by molar-refractivity contribution is -0.116. The minimum atomic E-state index is -3.99. The second-order valence-electron chi connectivity index (χ2n) is 5.30. The van der Waals surface area contributed by atoms with Crippen LogP contribution in [-0.2, 0) is 14.8 Å². The van der Waals surface area contributed by atoms with Crippen molar-refractivity contribution in [3.05, 3.63) is 53.1 Å². The average molecular weight is 394 g/mol. The Bertz CT molecular complexity index is 970. The first-order valence-electron chi connectivity index (χ1n) is 7.38. The number of rotatable bonds is 6. The van der Waals surface area contributed by atoms with Crippen molar-refractivity contribution in [3.63, 3.8) is 0 Å². The molecule has 0 unspecified atom stereocenters. The van der Waals surface area contributed by atoms with Crippen LogP contribution in [0.2, 0.25) is 5.02 Å². The molecule has 0 aliphatic heterocycles. The zero-order valence-corrected chi connectivity index (χ0v) is 15.6. The molecule has 0 saturated heterocycles. The van der Waals surface area contributed by atoms with Gasteiger partial charge in [-0.2, -0.15) is 9.57 Å². The van der Waals surface area contributed by atoms with E-state index in [2.05, 4.69) is 5.32 Å². The smallest absolute Gasteiger partial charge is 0.247 e. The summed E-state index contributed by atoms with van der Waals surface area (Å²) in [6, 6.07) is 12.5. The van der Waals surface area contributed by atoms with Gasteiger partial charge in [0, 0.05) is 17.8 Å². The van der Waals surface area contributed by atoms with Crippen LogP contribution in [0.1, 0.15) is 5.56 Å². The molecule has 1 N–H and O–H groups in total. The quantitative estimate of drug-likeness (QED) is 0.812. The topological polar surface area (TPSA) is 99.5 Å². The molecule has 0 bridgehead atoms. The van der Waals surface area contributed by atoms with Gasteiger partial charge in [0.1, 0.15) is 10.6 Å². The van der Waals surface area contributed by atoms with Gasteiger partial charge in [0.05, 0.1) is 25.3 Å². The molecular formula is C17H16ClN3O4S. The van der Waals surface area contributed by atoms with Gasteiger partial charge in [-0.1, -0.05) is 17.7 Å². The van der Waals surface area contributed by atoms with Gasteiger partial charge >= 0.3 is 0 Å². The summed E-state index contributed by atoms with van der Waals surface area (Å²) in [5, 5.41) is 11.7. The third-order valence-electron chi connectivity index (χ3n) is 3.46. The molecule has 0 atom stereocenters. The number of carbonyl (C=O) groups excluding carboxylic acids is 1. The van der Waals surface area contributed by atoms with Crippen molar-refractivity contribution in [2.75, 3.05) is 26.0 Å². The minimum absolute atomic E-state index is 0.128. The van der Waals surface area contributed by atoms with Crippen molar-refractivity contribution in [2.24, 2.45) is 0 Å². The van der Waals surface area contributed by atoms with Crippen LogP contribution in [0.25, 0.3) is 0 Å². The van der Waals surface area contributed by atoms with Gasteiger partial charge in [-0.05, 0) is 36.4 Å². The van der Waals surface area contributed by atoms with Crippen LogP contribution in [0.5, 0.6) is 5.75 Å². The molecule has 0 radical (unpaired) electrons. The molecule has 9 heteroatoms. The number of methoxy groups -OCH3 is 1. The predicted octanol–water partition coefficient (Wildman–Crippen LogP) is 2.48. The maximum Gasteiger partial charge on any atom is 0.247 e. The van der Waals surface area contributed by atoms with E-state index >= 15 is 0 Å². The van der Waals surface area contributed by atoms with Gasteiger partial charge in [-0.15, -0.1) is 0 Å². The highest BCUT2D eigenvalue weighted by atomic mass is 35.5. The molecule has 0 heterocycles. The zero-order valence-electron chi connectivity index (χ0n) is 14.1. The lowest BCUT2D eigenvalue weighted by Crippen LogP contribution is -2.35. The van der Waals surface area contributed by atoms with Crippen LogP contribution in [-0.4, -0.2) is 39.3 Å². The first-order chi connectivity index (χ1) is 12.3. The highest BCUT2D eigenvalue weighted by molar-refractivity contribution is 7.89. The highest BCUT2D eigenvalue weighted by Gasteiger charge is 2.26. The summed E-state index contributed by atoms with van der Waals surface area (Å²) in [5.74, 6) is -0.421. The van der Waals surface area contributed by atoms with Crippen LogP contribution in [0.3, 0.4) is 0 Å². The third-order valence-corrected chi connectivity index (χ3v) is 5.52. The van der Waals surface area contributed by atoms with Gasteiger partial charge in [-0.3, -0.25) is 4.79 Å². The van der Waals surface area contributed by atoms with E-state index in [9.17, 15) is 13.2 Å². The standard InChI is InChI=1S/C17H16ClN3O4S/c1-21(11-17(22)20-14-5-3-4-12(8-14)10-19)26(23,24)16-9-13(18)6-7-15(16)25-2/h3-9H,11H2,1-2H3,(H,20,22). The number of carbonyl (C=O) groups is 1. The van der Waals surface area contributed by atoms with Crippen molar-refractivity contribution in [1.82, 2.24) is 4.31 Å². The Kier molecular flexibility index (Phi) is 6.21. The van der Waals surface area contributed by atoms with Gasteiger partial charge in [0.15, 0.2) is 0 Å². The monoisotopic (exact) mass is 393 g/mol. The Morgan fingerprint density at radius 3 is 2.69 bits per heavy atom. The Hall–Kier alpha value is -2.60. The Balaban J connectivity index is 2.17. The van der Waals surface area contributed by atoms with Gasteiger partial charge in [0.2, 0.25) is 15.9 Å². The van der Waals surface area contributed by atoms with E-state index in [1.165, 1.54) is 38.4 Å². The highest BCUT2D eigenvalue weighted by Crippen LogP contribution is 2.29. The number of likely N-dealkylation sites (N-methyl/N-ethyl adjacent to an activating group) is 1. The van der Waals surface area contributed by atoms with E-state index in [0.29, 0.717) is 11.3 Å². The average Bonchev–Trinajstić information content (AvgIpc) is 2.61. The molecule has 0 spiro atoms. The maximum atomic E-state index is 12.7. The molecule has 7 nitrogen and oxygen atoms in total. The van der Waals surface area contributed by atoms with Crippen molar-refractivity contribution in [3.8, 4) is 11.8 Å². The van der Waals surface area contributed by atoms with E-state index in [1.807, 2.05) is 6.07 Å². The summed E-state index contributed by atoms with van der Waals surface area (Å²) in [6.07, 6.45) is 0. The molecule has 2 aromatic carbocycles. The first-order valence-corrected chi connectivity index (χ1v) is 9.19. The molecule has 0 aliphatic rings. The van der Waals surface area contributed by atoms with Crippen molar-refractivity contribution in [1.29, 1.82) is 5.26 Å². The molecule has 26 heavy (non-hydrogen) atoms. The maximum absolute atomic E-state index is 12.7. The number of anilines is 1. The summed E-state index contributed by atoms with van der Waals surface area (Å²) in [7, 11) is -1.37. The number of hydrogen-bond acceptors (Lipinski definition) is 5. The third kappa shape index (κ3) is 4.52. The fourth-order valence-electron chi connectivity index (χ4n) is 2.17. The molecule has 2 rings (SSSR count). The Morgan fingerprint density at radius 2 is 2.04 bits per heavy atom. The van der Waals surface area contributed by atoms with Crippen molar-refractivity contribution < 1.29 is 17.9 Å². The minimum Gasteiger partial charge on any atom is -0.495 e. The summed E-state index contributed by atoms with van der Waals surface area (Å²) in [4.78, 5) is 12.0. The summed E-state index contributed by atoms with van der Waals surface area (Å²) in [5.41, 5.74) is 0.785. The first kappa shape index (κ1) is 19.7. The Labute approximate surface area is 156 Å². The van der Waals surface area contributed by atoms with Crippen molar-refractivity contribution in [2.45, 2.75) is 4.90 Å². The van der Waals surface area contributed by atoms with E-state index in [4.69, 9.17) is 21.6 Å².